The first-order valence-corrected chi connectivity index (χ1v) is 22.3. The topological polar surface area (TPSA) is 4.41 Å². The largest absolute Gasteiger partial charge is 0.309 e. The molecule has 13 rings (SSSR count). The van der Waals surface area contributed by atoms with E-state index in [1.807, 2.05) is 0 Å². The van der Waals surface area contributed by atoms with Gasteiger partial charge in [0.15, 0.2) is 0 Å². The molecule has 2 heterocycles. The molecule has 10 aromatic rings. The highest BCUT2D eigenvalue weighted by molar-refractivity contribution is 6.18. The maximum Gasteiger partial charge on any atom is 0.0547 e. The SMILES string of the molecule is C1=CC2=CCC(c3c4ccccc4c(-c4ccc(-c5ccc6c(c5)CCCC6)cc4)c4ccc(-c5ccc6c(c5)c5ccccc5c5cc7ccccc7n65)cc34)CC2C=C1. The van der Waals surface area contributed by atoms with Gasteiger partial charge in [0.2, 0.25) is 0 Å². The molecule has 0 saturated carbocycles. The van der Waals surface area contributed by atoms with Crippen LogP contribution in [-0.4, -0.2) is 4.40 Å². The molecule has 1 heteroatoms. The summed E-state index contributed by atoms with van der Waals surface area (Å²) in [7, 11) is 0. The monoisotopic (exact) mass is 779 g/mol. The Balaban J connectivity index is 1.02. The number of aromatic nitrogens is 1. The van der Waals surface area contributed by atoms with Gasteiger partial charge in [0.05, 0.1) is 16.6 Å². The van der Waals surface area contributed by atoms with Gasteiger partial charge in [-0.1, -0.05) is 158 Å². The number of rotatable bonds is 4. The highest BCUT2D eigenvalue weighted by Gasteiger charge is 2.28. The van der Waals surface area contributed by atoms with E-state index in [1.165, 1.54) is 141 Å². The van der Waals surface area contributed by atoms with Crippen LogP contribution < -0.4 is 0 Å². The zero-order chi connectivity index (χ0) is 40.0. The molecule has 0 amide bonds. The average Bonchev–Trinajstić information content (AvgIpc) is 3.73. The Morgan fingerprint density at radius 3 is 2.00 bits per heavy atom. The molecule has 0 N–H and O–H groups in total. The summed E-state index contributed by atoms with van der Waals surface area (Å²) in [6.45, 7) is 0. The maximum absolute atomic E-state index is 2.53. The predicted octanol–water partition coefficient (Wildman–Crippen LogP) is 16.1. The van der Waals surface area contributed by atoms with Crippen LogP contribution in [0.15, 0.2) is 194 Å². The molecule has 0 aliphatic heterocycles. The Morgan fingerprint density at radius 2 is 1.11 bits per heavy atom. The van der Waals surface area contributed by atoms with E-state index in [-0.39, 0.29) is 0 Å². The Kier molecular flexibility index (Phi) is 7.88. The lowest BCUT2D eigenvalue weighted by Crippen LogP contribution is -2.14. The van der Waals surface area contributed by atoms with Gasteiger partial charge >= 0.3 is 0 Å². The van der Waals surface area contributed by atoms with Crippen LogP contribution in [0.25, 0.3) is 93.0 Å². The fourth-order valence-corrected chi connectivity index (χ4v) is 11.5. The second-order valence-corrected chi connectivity index (χ2v) is 17.8. The molecule has 61 heavy (non-hydrogen) atoms. The van der Waals surface area contributed by atoms with Crippen molar-refractivity contribution in [3.8, 4) is 33.4 Å². The van der Waals surface area contributed by atoms with Gasteiger partial charge < -0.3 is 4.40 Å². The van der Waals surface area contributed by atoms with Gasteiger partial charge in [-0.2, -0.15) is 0 Å². The molecule has 0 radical (unpaired) electrons. The number of allylic oxidation sites excluding steroid dienone is 6. The van der Waals surface area contributed by atoms with E-state index in [0.717, 1.165) is 12.8 Å². The average molecular weight is 780 g/mol. The number of aryl methyl sites for hydroxylation is 2. The molecule has 2 aromatic heterocycles. The minimum atomic E-state index is 0.406. The fourth-order valence-electron chi connectivity index (χ4n) is 11.5. The van der Waals surface area contributed by atoms with E-state index in [1.54, 1.807) is 0 Å². The van der Waals surface area contributed by atoms with Crippen LogP contribution in [0.2, 0.25) is 0 Å². The van der Waals surface area contributed by atoms with Gasteiger partial charge in [-0.05, 0) is 157 Å². The number of pyridine rings is 1. The third-order valence-electron chi connectivity index (χ3n) is 14.5. The van der Waals surface area contributed by atoms with E-state index in [4.69, 9.17) is 0 Å². The van der Waals surface area contributed by atoms with Crippen molar-refractivity contribution < 1.29 is 0 Å². The number of hydrogen-bond acceptors (Lipinski definition) is 0. The quantitative estimate of drug-likeness (QED) is 0.124. The summed E-state index contributed by atoms with van der Waals surface area (Å²) in [5.74, 6) is 0.857. The van der Waals surface area contributed by atoms with Crippen molar-refractivity contribution in [2.75, 3.05) is 0 Å². The molecular weight excluding hydrogens is 735 g/mol. The second-order valence-electron chi connectivity index (χ2n) is 17.8. The van der Waals surface area contributed by atoms with Crippen molar-refractivity contribution in [1.29, 1.82) is 0 Å². The number of hydrogen-bond donors (Lipinski definition) is 0. The first kappa shape index (κ1) is 34.9. The summed E-state index contributed by atoms with van der Waals surface area (Å²) in [6, 6.07) is 60.4. The van der Waals surface area contributed by atoms with Gasteiger partial charge in [0.1, 0.15) is 0 Å². The van der Waals surface area contributed by atoms with Gasteiger partial charge in [-0.15, -0.1) is 0 Å². The molecule has 0 fully saturated rings. The molecule has 2 unspecified atom stereocenters. The highest BCUT2D eigenvalue weighted by Crippen LogP contribution is 2.48. The Labute approximate surface area is 356 Å². The third kappa shape index (κ3) is 5.53. The molecule has 0 spiro atoms. The molecule has 3 aliphatic carbocycles. The van der Waals surface area contributed by atoms with E-state index in [2.05, 4.69) is 193 Å². The summed E-state index contributed by atoms with van der Waals surface area (Å²) in [5.41, 5.74) is 17.5. The molecule has 3 aliphatic rings. The third-order valence-corrected chi connectivity index (χ3v) is 14.5. The summed E-state index contributed by atoms with van der Waals surface area (Å²) >= 11 is 0. The van der Waals surface area contributed by atoms with Gasteiger partial charge in [0.25, 0.3) is 0 Å². The number of fused-ring (bicyclic) bond motifs is 12. The minimum Gasteiger partial charge on any atom is -0.309 e. The van der Waals surface area contributed by atoms with Gasteiger partial charge in [0, 0.05) is 22.1 Å². The van der Waals surface area contributed by atoms with E-state index in [9.17, 15) is 0 Å². The normalized spacial score (nSPS) is 17.4. The van der Waals surface area contributed by atoms with Crippen LogP contribution in [0.3, 0.4) is 0 Å². The Hall–Kier alpha value is -6.96. The molecule has 0 saturated heterocycles. The van der Waals surface area contributed by atoms with Gasteiger partial charge in [-0.3, -0.25) is 0 Å². The zero-order valence-corrected chi connectivity index (χ0v) is 34.2. The van der Waals surface area contributed by atoms with E-state index >= 15 is 0 Å². The molecule has 2 atom stereocenters. The van der Waals surface area contributed by atoms with Crippen molar-refractivity contribution >= 4 is 59.6 Å². The maximum atomic E-state index is 2.53. The fraction of sp³-hybridized carbons (Fsp3) is 0.133. The summed E-state index contributed by atoms with van der Waals surface area (Å²) < 4.78 is 2.46. The predicted molar refractivity (Wildman–Crippen MR) is 260 cm³/mol. The minimum absolute atomic E-state index is 0.406. The lowest BCUT2D eigenvalue weighted by Gasteiger charge is -2.31. The van der Waals surface area contributed by atoms with Crippen molar-refractivity contribution in [2.45, 2.75) is 44.4 Å². The van der Waals surface area contributed by atoms with Crippen LogP contribution in [0, 0.1) is 5.92 Å². The van der Waals surface area contributed by atoms with Crippen LogP contribution in [0.5, 0.6) is 0 Å². The summed E-state index contributed by atoms with van der Waals surface area (Å²) in [6.07, 6.45) is 18.9. The van der Waals surface area contributed by atoms with Gasteiger partial charge in [-0.25, -0.2) is 0 Å². The summed E-state index contributed by atoms with van der Waals surface area (Å²) in [5, 5.41) is 10.6. The van der Waals surface area contributed by atoms with Crippen molar-refractivity contribution in [3.05, 3.63) is 210 Å². The zero-order valence-electron chi connectivity index (χ0n) is 34.2. The first-order valence-electron chi connectivity index (χ1n) is 22.3. The van der Waals surface area contributed by atoms with Crippen molar-refractivity contribution in [2.24, 2.45) is 5.92 Å². The lowest BCUT2D eigenvalue weighted by atomic mass is 9.73. The molecule has 8 aromatic carbocycles. The lowest BCUT2D eigenvalue weighted by molar-refractivity contribution is 0.536. The molecular formula is C60H45N. The Bertz CT molecular complexity index is 3530. The first-order chi connectivity index (χ1) is 30.2. The van der Waals surface area contributed by atoms with Crippen LogP contribution in [-0.2, 0) is 12.8 Å². The van der Waals surface area contributed by atoms with Crippen molar-refractivity contribution in [1.82, 2.24) is 4.40 Å². The standard InChI is InChI=1S/C60H45N/c1-3-13-42-33-44(27-23-38(42)11-1)40-21-25-41(26-22-40)59-51-18-8-9-19-52(51)60(48-28-24-39-12-2-4-14-43(39)34-48)55-36-45(29-31-53(55)59)46-30-32-57-54(35-46)49-16-6-7-17-50(49)58-37-47-15-5-10-20-56(47)61(57)58/h2,4-10,12,14-27,29-33,35-37,43,48H,1,3,11,13,28,34H2. The Morgan fingerprint density at radius 1 is 0.443 bits per heavy atom. The molecule has 1 nitrogen and oxygen atoms in total. The van der Waals surface area contributed by atoms with Crippen LogP contribution in [0.1, 0.15) is 48.3 Å². The van der Waals surface area contributed by atoms with Crippen LogP contribution in [0.4, 0.5) is 0 Å². The summed E-state index contributed by atoms with van der Waals surface area (Å²) in [4.78, 5) is 0. The highest BCUT2D eigenvalue weighted by atomic mass is 14.9. The smallest absolute Gasteiger partial charge is 0.0547 e. The molecule has 290 valence electrons. The second kappa shape index (κ2) is 13.8. The molecule has 0 bridgehead atoms. The number of benzene rings is 8. The van der Waals surface area contributed by atoms with Crippen molar-refractivity contribution in [3.63, 3.8) is 0 Å². The number of nitrogens with zero attached hydrogens (tertiary/aromatic N) is 1. The van der Waals surface area contributed by atoms with E-state index in [0.29, 0.717) is 11.8 Å². The number of para-hydroxylation sites is 1. The van der Waals surface area contributed by atoms with Crippen LogP contribution >= 0.6 is 0 Å². The van der Waals surface area contributed by atoms with E-state index < -0.39 is 0 Å².